The smallest absolute Gasteiger partial charge is 0.233 e. The van der Waals surface area contributed by atoms with Crippen molar-refractivity contribution >= 4 is 12.2 Å². The zero-order valence-electron chi connectivity index (χ0n) is 8.23. The molecule has 0 fully saturated rings. The van der Waals surface area contributed by atoms with Crippen LogP contribution in [0.5, 0.6) is 11.5 Å². The number of hydroxylamine groups is 1. The van der Waals surface area contributed by atoms with Gasteiger partial charge in [-0.15, -0.1) is 0 Å². The van der Waals surface area contributed by atoms with E-state index in [4.69, 9.17) is 20.1 Å². The van der Waals surface area contributed by atoms with Crippen LogP contribution in [0.3, 0.4) is 0 Å². The van der Waals surface area contributed by atoms with E-state index in [0.29, 0.717) is 11.5 Å². The van der Waals surface area contributed by atoms with Gasteiger partial charge in [-0.2, -0.15) is 5.10 Å². The number of hydrazone groups is 1. The molecule has 0 radical (unpaired) electrons. The zero-order valence-corrected chi connectivity index (χ0v) is 8.23. The molecule has 0 aromatic heterocycles. The van der Waals surface area contributed by atoms with E-state index in [0.717, 1.165) is 5.56 Å². The minimum Gasteiger partial charge on any atom is -0.454 e. The normalized spacial score (nSPS) is 12.8. The van der Waals surface area contributed by atoms with Crippen molar-refractivity contribution in [3.8, 4) is 11.5 Å². The molecule has 0 spiro atoms. The summed E-state index contributed by atoms with van der Waals surface area (Å²) in [4.78, 5) is 0. The third kappa shape index (κ3) is 2.20. The lowest BCUT2D eigenvalue weighted by Gasteiger charge is -1.99. The molecule has 0 saturated carbocycles. The van der Waals surface area contributed by atoms with Crippen LogP contribution in [0, 0.1) is 5.41 Å². The second kappa shape index (κ2) is 4.49. The first-order valence-electron chi connectivity index (χ1n) is 4.47. The highest BCUT2D eigenvalue weighted by molar-refractivity contribution is 5.83. The molecule has 1 aliphatic heterocycles. The molecule has 0 amide bonds. The van der Waals surface area contributed by atoms with Crippen molar-refractivity contribution < 1.29 is 14.7 Å². The van der Waals surface area contributed by atoms with Crippen molar-refractivity contribution in [2.45, 2.75) is 0 Å². The second-order valence-corrected chi connectivity index (χ2v) is 2.97. The van der Waals surface area contributed by atoms with Crippen LogP contribution in [0.15, 0.2) is 23.3 Å². The Bertz CT molecular complexity index is 433. The van der Waals surface area contributed by atoms with Crippen molar-refractivity contribution in [3.63, 3.8) is 0 Å². The maximum Gasteiger partial charge on any atom is 0.233 e. The van der Waals surface area contributed by atoms with Gasteiger partial charge < -0.3 is 9.47 Å². The maximum atomic E-state index is 8.31. The van der Waals surface area contributed by atoms with Crippen molar-refractivity contribution in [1.29, 1.82) is 5.41 Å². The van der Waals surface area contributed by atoms with Crippen LogP contribution < -0.4 is 20.4 Å². The van der Waals surface area contributed by atoms with Crippen LogP contribution in [0.2, 0.25) is 0 Å². The summed E-state index contributed by atoms with van der Waals surface area (Å²) in [6.07, 6.45) is 1.49. The summed E-state index contributed by atoms with van der Waals surface area (Å²) in [6.45, 7) is 0.229. The number of rotatable bonds is 2. The first-order valence-corrected chi connectivity index (χ1v) is 4.47. The molecule has 2 rings (SSSR count). The van der Waals surface area contributed by atoms with Crippen LogP contribution >= 0.6 is 0 Å². The number of hydrogen-bond donors (Lipinski definition) is 4. The molecule has 7 heteroatoms. The number of guanidine groups is 1. The van der Waals surface area contributed by atoms with Crippen LogP contribution in [0.25, 0.3) is 0 Å². The fourth-order valence-corrected chi connectivity index (χ4v) is 1.19. The van der Waals surface area contributed by atoms with Crippen LogP contribution in [-0.4, -0.2) is 24.2 Å². The first-order chi connectivity index (χ1) is 7.79. The van der Waals surface area contributed by atoms with Crippen molar-refractivity contribution in [1.82, 2.24) is 10.9 Å². The van der Waals surface area contributed by atoms with E-state index in [1.165, 1.54) is 6.21 Å². The number of nitrogens with one attached hydrogen (secondary N) is 3. The van der Waals surface area contributed by atoms with Gasteiger partial charge in [0.1, 0.15) is 0 Å². The Labute approximate surface area is 91.1 Å². The Morgan fingerprint density at radius 3 is 3.06 bits per heavy atom. The lowest BCUT2D eigenvalue weighted by Crippen LogP contribution is -2.30. The largest absolute Gasteiger partial charge is 0.454 e. The van der Waals surface area contributed by atoms with Gasteiger partial charge in [-0.25, -0.2) is 10.9 Å². The van der Waals surface area contributed by atoms with E-state index in [9.17, 15) is 0 Å². The van der Waals surface area contributed by atoms with Gasteiger partial charge in [0.15, 0.2) is 11.5 Å². The zero-order chi connectivity index (χ0) is 11.4. The third-order valence-electron chi connectivity index (χ3n) is 1.90. The molecule has 84 valence electrons. The Balaban J connectivity index is 2.02. The van der Waals surface area contributed by atoms with Gasteiger partial charge in [-0.1, -0.05) is 0 Å². The molecular weight excluding hydrogens is 212 g/mol. The van der Waals surface area contributed by atoms with E-state index in [1.807, 2.05) is 0 Å². The molecule has 16 heavy (non-hydrogen) atoms. The summed E-state index contributed by atoms with van der Waals surface area (Å²) in [6, 6.07) is 5.34. The van der Waals surface area contributed by atoms with Crippen LogP contribution in [0.1, 0.15) is 5.56 Å². The van der Waals surface area contributed by atoms with E-state index in [1.54, 1.807) is 23.7 Å². The molecule has 1 aromatic rings. The van der Waals surface area contributed by atoms with Crippen molar-refractivity contribution in [3.05, 3.63) is 23.8 Å². The molecule has 7 nitrogen and oxygen atoms in total. The van der Waals surface area contributed by atoms with Gasteiger partial charge in [-0.05, 0) is 23.8 Å². The summed E-state index contributed by atoms with van der Waals surface area (Å²) in [7, 11) is 0. The maximum absolute atomic E-state index is 8.31. The lowest BCUT2D eigenvalue weighted by atomic mass is 10.2. The number of hydrogen-bond acceptors (Lipinski definition) is 5. The van der Waals surface area contributed by atoms with Gasteiger partial charge in [0.05, 0.1) is 6.21 Å². The number of fused-ring (bicyclic) bond motifs is 1. The third-order valence-corrected chi connectivity index (χ3v) is 1.90. The Morgan fingerprint density at radius 1 is 1.44 bits per heavy atom. The van der Waals surface area contributed by atoms with E-state index < -0.39 is 0 Å². The van der Waals surface area contributed by atoms with Gasteiger partial charge in [0, 0.05) is 0 Å². The molecule has 0 bridgehead atoms. The second-order valence-electron chi connectivity index (χ2n) is 2.97. The van der Waals surface area contributed by atoms with Gasteiger partial charge in [0.2, 0.25) is 12.8 Å². The minimum atomic E-state index is -0.308. The fourth-order valence-electron chi connectivity index (χ4n) is 1.19. The molecule has 1 aromatic carbocycles. The van der Waals surface area contributed by atoms with E-state index >= 15 is 0 Å². The highest BCUT2D eigenvalue weighted by atomic mass is 16.7. The Morgan fingerprint density at radius 2 is 2.25 bits per heavy atom. The molecule has 0 unspecified atom stereocenters. The van der Waals surface area contributed by atoms with E-state index in [-0.39, 0.29) is 12.8 Å². The Hall–Kier alpha value is -2.28. The number of benzene rings is 1. The van der Waals surface area contributed by atoms with Crippen LogP contribution in [-0.2, 0) is 0 Å². The van der Waals surface area contributed by atoms with E-state index in [2.05, 4.69) is 10.5 Å². The standard InChI is InChI=1S/C9H10N4O3/c10-9(13-14)12-11-4-6-1-2-7-8(3-6)16-5-15-7/h1-4,14H,5H2,(H3,10,12,13)/b11-4+. The van der Waals surface area contributed by atoms with Gasteiger partial charge >= 0.3 is 0 Å². The highest BCUT2D eigenvalue weighted by Crippen LogP contribution is 2.31. The van der Waals surface area contributed by atoms with Gasteiger partial charge in [0.25, 0.3) is 0 Å². The fraction of sp³-hybridized carbons (Fsp3) is 0.111. The molecular formula is C9H10N4O3. The predicted octanol–water partition coefficient (Wildman–Crippen LogP) is 0.252. The molecule has 1 heterocycles. The highest BCUT2D eigenvalue weighted by Gasteiger charge is 2.12. The molecule has 0 saturated heterocycles. The summed E-state index contributed by atoms with van der Waals surface area (Å²) in [5.74, 6) is 1.06. The summed E-state index contributed by atoms with van der Waals surface area (Å²) in [5, 5.41) is 19.0. The summed E-state index contributed by atoms with van der Waals surface area (Å²) >= 11 is 0. The average molecular weight is 222 g/mol. The molecule has 1 aliphatic rings. The van der Waals surface area contributed by atoms with Crippen molar-refractivity contribution in [2.24, 2.45) is 5.10 Å². The summed E-state index contributed by atoms with van der Waals surface area (Å²) < 4.78 is 10.3. The first kappa shape index (κ1) is 10.2. The average Bonchev–Trinajstić information content (AvgIpc) is 2.76. The SMILES string of the molecule is N=C(NO)N/N=C/c1ccc2c(c1)OCO2. The molecule has 0 aliphatic carbocycles. The molecule has 4 N–H and O–H groups in total. The Kier molecular flexibility index (Phi) is 2.88. The lowest BCUT2D eigenvalue weighted by molar-refractivity contribution is 0.174. The predicted molar refractivity (Wildman–Crippen MR) is 55.9 cm³/mol. The number of ether oxygens (including phenoxy) is 2. The minimum absolute atomic E-state index is 0.229. The quantitative estimate of drug-likeness (QED) is 0.326. The topological polar surface area (TPSA) is 99.0 Å². The van der Waals surface area contributed by atoms with Crippen molar-refractivity contribution in [2.75, 3.05) is 6.79 Å². The van der Waals surface area contributed by atoms with Crippen LogP contribution in [0.4, 0.5) is 0 Å². The summed E-state index contributed by atoms with van der Waals surface area (Å²) in [5.41, 5.74) is 4.67. The monoisotopic (exact) mass is 222 g/mol. The molecule has 0 atom stereocenters. The number of nitrogens with zero attached hydrogens (tertiary/aromatic N) is 1. The van der Waals surface area contributed by atoms with Gasteiger partial charge in [-0.3, -0.25) is 10.6 Å².